The molecule has 160 valence electrons. The Labute approximate surface area is 179 Å². The quantitative estimate of drug-likeness (QED) is 0.663. The van der Waals surface area contributed by atoms with Crippen molar-refractivity contribution >= 4 is 28.2 Å². The Hall–Kier alpha value is -2.22. The maximum atomic E-state index is 13.1. The third-order valence-corrected chi connectivity index (χ3v) is 7.88. The zero-order valence-electron chi connectivity index (χ0n) is 17.0. The molecule has 0 unspecified atom stereocenters. The van der Waals surface area contributed by atoms with Gasteiger partial charge in [0.25, 0.3) is 5.89 Å². The second-order valence-electron chi connectivity index (χ2n) is 8.83. The summed E-state index contributed by atoms with van der Waals surface area (Å²) in [4.78, 5) is 30.7. The molecule has 2 heterocycles. The van der Waals surface area contributed by atoms with Crippen LogP contribution in [0, 0.1) is 11.8 Å². The van der Waals surface area contributed by atoms with Crippen molar-refractivity contribution in [2.75, 3.05) is 5.32 Å². The highest BCUT2D eigenvalue weighted by Crippen LogP contribution is 2.45. The van der Waals surface area contributed by atoms with Crippen LogP contribution >= 0.6 is 11.3 Å². The lowest BCUT2D eigenvalue weighted by molar-refractivity contribution is -0.147. The van der Waals surface area contributed by atoms with Gasteiger partial charge in [0.1, 0.15) is 5.00 Å². The van der Waals surface area contributed by atoms with E-state index < -0.39 is 17.8 Å². The molecule has 0 aromatic carbocycles. The summed E-state index contributed by atoms with van der Waals surface area (Å²) in [5, 5.41) is 17.6. The lowest BCUT2D eigenvalue weighted by atomic mass is 9.79. The Kier molecular flexibility index (Phi) is 5.35. The second kappa shape index (κ2) is 8.13. The molecule has 0 saturated heterocycles. The minimum absolute atomic E-state index is 0.193. The van der Waals surface area contributed by atoms with Gasteiger partial charge >= 0.3 is 5.97 Å². The van der Waals surface area contributed by atoms with Crippen molar-refractivity contribution in [3.05, 3.63) is 16.3 Å². The summed E-state index contributed by atoms with van der Waals surface area (Å²) in [6.45, 7) is 0. The molecule has 5 rings (SSSR count). The monoisotopic (exact) mass is 429 g/mol. The average molecular weight is 430 g/mol. The van der Waals surface area contributed by atoms with Gasteiger partial charge in [-0.25, -0.2) is 0 Å². The van der Waals surface area contributed by atoms with Crippen LogP contribution in [0.2, 0.25) is 0 Å². The molecular weight excluding hydrogens is 402 g/mol. The van der Waals surface area contributed by atoms with Crippen LogP contribution in [0.4, 0.5) is 5.00 Å². The fraction of sp³-hybridized carbons (Fsp3) is 0.636. The summed E-state index contributed by atoms with van der Waals surface area (Å²) in [6.07, 6.45) is 10.5. The Balaban J connectivity index is 1.47. The minimum atomic E-state index is -0.872. The summed E-state index contributed by atoms with van der Waals surface area (Å²) < 4.78 is 5.64. The van der Waals surface area contributed by atoms with E-state index in [0.717, 1.165) is 67.8 Å². The van der Waals surface area contributed by atoms with Gasteiger partial charge in [-0.05, 0) is 56.9 Å². The maximum absolute atomic E-state index is 13.1. The highest BCUT2D eigenvalue weighted by atomic mass is 32.1. The van der Waals surface area contributed by atoms with Crippen LogP contribution in [-0.2, 0) is 22.4 Å². The molecule has 2 aromatic heterocycles. The molecule has 3 aliphatic carbocycles. The van der Waals surface area contributed by atoms with E-state index in [1.165, 1.54) is 16.9 Å². The predicted octanol–water partition coefficient (Wildman–Crippen LogP) is 4.77. The molecule has 0 radical (unpaired) electrons. The lowest BCUT2D eigenvalue weighted by Gasteiger charge is -2.27. The standard InChI is InChI=1S/C22H27N3O4S/c26-19(13-6-4-5-7-14(13)22(27)28)24-21-17(15-8-2-1-3-9-16(15)30-21)20-23-18(25-29-20)12-10-11-12/h12-14H,1-11H2,(H,24,26)(H,27,28)/t13-,14-/m0/s1. The van der Waals surface area contributed by atoms with E-state index >= 15 is 0 Å². The third-order valence-electron chi connectivity index (χ3n) is 6.68. The Morgan fingerprint density at radius 2 is 1.77 bits per heavy atom. The number of nitrogens with one attached hydrogen (secondary N) is 1. The predicted molar refractivity (Wildman–Crippen MR) is 113 cm³/mol. The van der Waals surface area contributed by atoms with Gasteiger partial charge in [0.2, 0.25) is 5.91 Å². The van der Waals surface area contributed by atoms with E-state index in [4.69, 9.17) is 4.52 Å². The molecular formula is C22H27N3O4S. The number of fused-ring (bicyclic) bond motifs is 1. The van der Waals surface area contributed by atoms with Crippen LogP contribution in [0.3, 0.4) is 0 Å². The summed E-state index contributed by atoms with van der Waals surface area (Å²) in [5.74, 6) is -0.513. The van der Waals surface area contributed by atoms with Gasteiger partial charge in [-0.15, -0.1) is 11.3 Å². The number of carbonyl (C=O) groups excluding carboxylic acids is 1. The molecule has 3 aliphatic rings. The van der Waals surface area contributed by atoms with E-state index in [0.29, 0.717) is 24.7 Å². The number of aliphatic carboxylic acids is 1. The number of carboxylic acid groups (broad SMARTS) is 1. The Morgan fingerprint density at radius 3 is 2.53 bits per heavy atom. The van der Waals surface area contributed by atoms with Gasteiger partial charge in [-0.3, -0.25) is 9.59 Å². The van der Waals surface area contributed by atoms with E-state index in [1.54, 1.807) is 11.3 Å². The van der Waals surface area contributed by atoms with E-state index in [1.807, 2.05) is 0 Å². The number of thiophene rings is 1. The topological polar surface area (TPSA) is 105 Å². The molecule has 2 N–H and O–H groups in total. The first kappa shape index (κ1) is 19.7. The Morgan fingerprint density at radius 1 is 1.00 bits per heavy atom. The largest absolute Gasteiger partial charge is 0.481 e. The number of carbonyl (C=O) groups is 2. The molecule has 8 heteroatoms. The van der Waals surface area contributed by atoms with Crippen molar-refractivity contribution in [2.24, 2.45) is 11.8 Å². The number of carboxylic acids is 1. The second-order valence-corrected chi connectivity index (χ2v) is 9.93. The number of anilines is 1. The maximum Gasteiger partial charge on any atom is 0.307 e. The van der Waals surface area contributed by atoms with Gasteiger partial charge in [-0.1, -0.05) is 24.4 Å². The van der Waals surface area contributed by atoms with Crippen molar-refractivity contribution in [3.8, 4) is 11.5 Å². The average Bonchev–Trinajstić information content (AvgIpc) is 3.45. The lowest BCUT2D eigenvalue weighted by Crippen LogP contribution is -2.36. The van der Waals surface area contributed by atoms with Gasteiger partial charge < -0.3 is 14.9 Å². The van der Waals surface area contributed by atoms with Crippen molar-refractivity contribution < 1.29 is 19.2 Å². The van der Waals surface area contributed by atoms with Crippen LogP contribution in [0.25, 0.3) is 11.5 Å². The van der Waals surface area contributed by atoms with Crippen LogP contribution in [-0.4, -0.2) is 27.1 Å². The molecule has 2 fully saturated rings. The smallest absolute Gasteiger partial charge is 0.307 e. The van der Waals surface area contributed by atoms with E-state index in [2.05, 4.69) is 15.5 Å². The molecule has 0 spiro atoms. The number of nitrogens with zero attached hydrogens (tertiary/aromatic N) is 2. The highest BCUT2D eigenvalue weighted by Gasteiger charge is 2.37. The number of hydrogen-bond donors (Lipinski definition) is 2. The van der Waals surface area contributed by atoms with Crippen LogP contribution in [0.15, 0.2) is 4.52 Å². The fourth-order valence-corrected chi connectivity index (χ4v) is 6.13. The molecule has 1 amide bonds. The molecule has 7 nitrogen and oxygen atoms in total. The van der Waals surface area contributed by atoms with E-state index in [-0.39, 0.29) is 5.91 Å². The van der Waals surface area contributed by atoms with Gasteiger partial charge in [0.05, 0.1) is 17.4 Å². The summed E-state index contributed by atoms with van der Waals surface area (Å²) in [5.41, 5.74) is 2.09. The Bertz CT molecular complexity index is 962. The molecule has 2 aromatic rings. The van der Waals surface area contributed by atoms with Crippen molar-refractivity contribution in [2.45, 2.75) is 76.5 Å². The van der Waals surface area contributed by atoms with Crippen molar-refractivity contribution in [1.29, 1.82) is 0 Å². The van der Waals surface area contributed by atoms with Crippen molar-refractivity contribution in [3.63, 3.8) is 0 Å². The minimum Gasteiger partial charge on any atom is -0.481 e. The van der Waals surface area contributed by atoms with E-state index in [9.17, 15) is 14.7 Å². The number of rotatable bonds is 5. The summed E-state index contributed by atoms with van der Waals surface area (Å²) in [6, 6.07) is 0. The SMILES string of the molecule is O=C(O)[C@H]1CCCC[C@@H]1C(=O)Nc1sc2c(c1-c1nc(C3CC3)no1)CCCCC2. The van der Waals surface area contributed by atoms with Crippen LogP contribution in [0.5, 0.6) is 0 Å². The number of aryl methyl sites for hydroxylation is 1. The normalized spacial score (nSPS) is 24.1. The van der Waals surface area contributed by atoms with Gasteiger partial charge in [0.15, 0.2) is 5.82 Å². The molecule has 2 saturated carbocycles. The zero-order valence-corrected chi connectivity index (χ0v) is 17.8. The summed E-state index contributed by atoms with van der Waals surface area (Å²) in [7, 11) is 0. The van der Waals surface area contributed by atoms with Gasteiger partial charge in [-0.2, -0.15) is 4.98 Å². The highest BCUT2D eigenvalue weighted by molar-refractivity contribution is 7.17. The zero-order chi connectivity index (χ0) is 20.7. The number of aromatic nitrogens is 2. The third kappa shape index (κ3) is 3.77. The van der Waals surface area contributed by atoms with Crippen molar-refractivity contribution in [1.82, 2.24) is 10.1 Å². The first-order valence-electron chi connectivity index (χ1n) is 11.1. The number of amides is 1. The van der Waals surface area contributed by atoms with Crippen LogP contribution in [0.1, 0.15) is 80.0 Å². The van der Waals surface area contributed by atoms with Crippen LogP contribution < -0.4 is 5.32 Å². The molecule has 0 bridgehead atoms. The molecule has 0 aliphatic heterocycles. The first-order chi connectivity index (χ1) is 14.6. The van der Waals surface area contributed by atoms with Gasteiger partial charge in [0, 0.05) is 10.8 Å². The number of hydrogen-bond acceptors (Lipinski definition) is 6. The summed E-state index contributed by atoms with van der Waals surface area (Å²) >= 11 is 1.60. The fourth-order valence-electron chi connectivity index (χ4n) is 4.85. The first-order valence-corrected chi connectivity index (χ1v) is 12.0. The molecule has 2 atom stereocenters. The molecule has 30 heavy (non-hydrogen) atoms.